The summed E-state index contributed by atoms with van der Waals surface area (Å²) < 4.78 is 7.02. The maximum absolute atomic E-state index is 14.1. The number of ether oxygens (including phenoxy) is 1. The van der Waals surface area contributed by atoms with Gasteiger partial charge in [-0.1, -0.05) is 112 Å². The van der Waals surface area contributed by atoms with Crippen LogP contribution in [0.25, 0.3) is 20.7 Å². The number of aryl methyl sites for hydroxylation is 2. The number of β-amino-alcohol motifs (C(OH)–C–C–N with tert-alkyl or cyclic N) is 1. The molecule has 1 fully saturated rings. The predicted molar refractivity (Wildman–Crippen MR) is 324 cm³/mol. The zero-order chi connectivity index (χ0) is 57.9. The Hall–Kier alpha value is -7.50. The molecular weight excluding hydrogens is 1090 g/mol. The molecule has 5 N–H and O–H groups in total. The molecule has 0 spiro atoms. The fourth-order valence-corrected chi connectivity index (χ4v) is 13.1. The van der Waals surface area contributed by atoms with Crippen LogP contribution in [0, 0.1) is 24.2 Å². The highest BCUT2D eigenvalue weighted by Crippen LogP contribution is 2.35. The van der Waals surface area contributed by atoms with E-state index in [1.54, 1.807) is 11.3 Å². The number of rotatable bonds is 22. The molecule has 0 saturated carbocycles. The molecule has 16 nitrogen and oxygen atoms in total. The number of likely N-dealkylation sites (tertiary alicyclic amines) is 1. The first-order valence-corrected chi connectivity index (χ1v) is 30.6. The van der Waals surface area contributed by atoms with Gasteiger partial charge in [0.05, 0.1) is 45.1 Å². The molecule has 5 heterocycles. The third-order valence-electron chi connectivity index (χ3n) is 14.9. The first-order chi connectivity index (χ1) is 39.5. The van der Waals surface area contributed by atoms with Crippen LogP contribution >= 0.6 is 34.0 Å². The molecule has 4 atom stereocenters. The van der Waals surface area contributed by atoms with Crippen molar-refractivity contribution in [3.8, 4) is 28.0 Å². The lowest BCUT2D eigenvalue weighted by Crippen LogP contribution is -2.57. The molecule has 2 aliphatic heterocycles. The quantitative estimate of drug-likeness (QED) is 0.0316. The van der Waals surface area contributed by atoms with Crippen molar-refractivity contribution in [2.24, 2.45) is 5.41 Å². The molecule has 428 valence electrons. The largest absolute Gasteiger partial charge is 0.494 e. The Morgan fingerprint density at radius 1 is 0.878 bits per heavy atom. The van der Waals surface area contributed by atoms with Gasteiger partial charge in [-0.15, -0.1) is 22.7 Å². The minimum absolute atomic E-state index is 0.0136. The Morgan fingerprint density at radius 2 is 1.65 bits per heavy atom. The van der Waals surface area contributed by atoms with Gasteiger partial charge in [0.25, 0.3) is 5.91 Å². The van der Waals surface area contributed by atoms with E-state index >= 15 is 0 Å². The number of nitrogens with zero attached hydrogens (tertiary/aromatic N) is 5. The van der Waals surface area contributed by atoms with Crippen LogP contribution in [0.4, 0.5) is 10.3 Å². The Bertz CT molecular complexity index is 3430. The number of aromatic nitrogens is 3. The van der Waals surface area contributed by atoms with Crippen LogP contribution < -0.4 is 25.6 Å². The maximum Gasteiger partial charge on any atom is 0.355 e. The topological polar surface area (TPSA) is 216 Å². The first-order valence-electron chi connectivity index (χ1n) is 28.0. The standard InChI is InChI=1S/C63H70N8O8S3/c1-39(42-26-28-44(29-27-42)55-40(2)64-38-80-55)65-58(75)50-35-45(72)36-71(50)59(76)56(63(3,4)5)67-53(73)23-12-10-8-6-7-9-11-17-41-24-30-46(31-25-41)79-34-16-22-52-54(60(77)78)68-62(82-52)70-33-32-43-18-15-19-47(48(43)37-70)57(74)69-61-66-49-20-13-14-21-51(49)81-61/h13-15,18-21,24-31,38-39,45,50,56,72H,6-10,12,16,22-23,32-37H2,1-5H3,(H,65,75)(H,67,73)(H,77,78)(H,66,69,74)/t39-,45+,50-,56+/m0/s1. The number of aromatic carboxylic acids is 1. The average molecular weight is 1160 g/mol. The maximum atomic E-state index is 14.1. The van der Waals surface area contributed by atoms with Crippen molar-refractivity contribution in [1.82, 2.24) is 30.5 Å². The normalized spacial score (nSPS) is 15.7. The molecule has 3 aromatic heterocycles. The number of anilines is 2. The van der Waals surface area contributed by atoms with Gasteiger partial charge in [-0.25, -0.2) is 19.7 Å². The van der Waals surface area contributed by atoms with Crippen LogP contribution in [0.5, 0.6) is 5.75 Å². The second kappa shape index (κ2) is 27.1. The molecular formula is C63H70N8O8S3. The van der Waals surface area contributed by atoms with Crippen molar-refractivity contribution in [3.05, 3.63) is 141 Å². The smallest absolute Gasteiger partial charge is 0.355 e. The fraction of sp³-hybridized carbons (Fsp3) is 0.397. The molecule has 0 radical (unpaired) electrons. The van der Waals surface area contributed by atoms with Gasteiger partial charge in [0.2, 0.25) is 17.7 Å². The third kappa shape index (κ3) is 14.9. The van der Waals surface area contributed by atoms with Gasteiger partial charge in [-0.05, 0) is 116 Å². The lowest BCUT2D eigenvalue weighted by molar-refractivity contribution is -0.144. The highest BCUT2D eigenvalue weighted by molar-refractivity contribution is 7.22. The number of carbonyl (C=O) groups is 5. The van der Waals surface area contributed by atoms with E-state index in [4.69, 9.17) is 4.74 Å². The molecule has 1 saturated heterocycles. The van der Waals surface area contributed by atoms with E-state index in [9.17, 15) is 34.2 Å². The number of thiazole rings is 3. The number of aliphatic hydroxyl groups is 1. The summed E-state index contributed by atoms with van der Waals surface area (Å²) in [6.07, 6.45) is 6.44. The highest BCUT2D eigenvalue weighted by Gasteiger charge is 2.45. The molecule has 19 heteroatoms. The predicted octanol–water partition coefficient (Wildman–Crippen LogP) is 11.2. The molecule has 7 aromatic rings. The fourth-order valence-electron chi connectivity index (χ4n) is 10.4. The van der Waals surface area contributed by atoms with Gasteiger partial charge < -0.3 is 35.4 Å². The van der Waals surface area contributed by atoms with Gasteiger partial charge in [-0.3, -0.25) is 24.5 Å². The van der Waals surface area contributed by atoms with Crippen molar-refractivity contribution in [3.63, 3.8) is 0 Å². The summed E-state index contributed by atoms with van der Waals surface area (Å²) in [6.45, 7) is 11.0. The SMILES string of the molecule is Cc1ncsc1-c1ccc([C@H](C)NC(=O)[C@@H]2C[C@@H](O)CN2C(=O)[C@@H](NC(=O)CCCCCCCC#Cc2ccc(OCCCc3sc(N4CCc5cccc(C(=O)Nc6nc7ccccc7s6)c5C4)nc3C(=O)O)cc2)C(C)(C)C)cc1. The number of hydrogen-bond donors (Lipinski definition) is 5. The number of carboxylic acid groups (broad SMARTS) is 1. The highest BCUT2D eigenvalue weighted by atomic mass is 32.1. The zero-order valence-electron chi connectivity index (χ0n) is 47.0. The lowest BCUT2D eigenvalue weighted by Gasteiger charge is -2.35. The van der Waals surface area contributed by atoms with Crippen molar-refractivity contribution in [2.75, 3.05) is 29.9 Å². The number of amides is 4. The Labute approximate surface area is 490 Å². The van der Waals surface area contributed by atoms with Crippen LogP contribution in [0.15, 0.2) is 96.5 Å². The number of hydrogen-bond acceptors (Lipinski definition) is 14. The van der Waals surface area contributed by atoms with Crippen LogP contribution in [0.3, 0.4) is 0 Å². The minimum Gasteiger partial charge on any atom is -0.494 e. The molecule has 4 amide bonds. The van der Waals surface area contributed by atoms with Gasteiger partial charge in [-0.2, -0.15) is 0 Å². The molecule has 9 rings (SSSR count). The van der Waals surface area contributed by atoms with E-state index in [2.05, 4.69) is 47.6 Å². The van der Waals surface area contributed by atoms with Gasteiger partial charge in [0, 0.05) is 54.9 Å². The molecule has 0 unspecified atom stereocenters. The number of carbonyl (C=O) groups excluding carboxylic acids is 4. The van der Waals surface area contributed by atoms with Crippen LogP contribution in [-0.2, 0) is 33.8 Å². The number of para-hydroxylation sites is 1. The Morgan fingerprint density at radius 3 is 2.39 bits per heavy atom. The number of aliphatic hydroxyl groups excluding tert-OH is 1. The Kier molecular flexibility index (Phi) is 19.5. The average Bonchev–Trinajstić information content (AvgIpc) is 4.32. The van der Waals surface area contributed by atoms with E-state index in [1.165, 1.54) is 27.6 Å². The number of benzene rings is 4. The number of unbranched alkanes of at least 4 members (excludes halogenated alkanes) is 5. The third-order valence-corrected chi connectivity index (χ3v) is 18.0. The summed E-state index contributed by atoms with van der Waals surface area (Å²) in [6, 6.07) is 27.0. The second-order valence-corrected chi connectivity index (χ2v) is 25.0. The van der Waals surface area contributed by atoms with E-state index in [1.807, 2.05) is 131 Å². The Balaban J connectivity index is 0.661. The zero-order valence-corrected chi connectivity index (χ0v) is 49.4. The van der Waals surface area contributed by atoms with Crippen LogP contribution in [0.1, 0.15) is 145 Å². The van der Waals surface area contributed by atoms with Crippen LogP contribution in [-0.4, -0.2) is 97.5 Å². The van der Waals surface area contributed by atoms with Gasteiger partial charge >= 0.3 is 5.97 Å². The summed E-state index contributed by atoms with van der Waals surface area (Å²) in [5.74, 6) is 4.94. The number of fused-ring (bicyclic) bond motifs is 2. The summed E-state index contributed by atoms with van der Waals surface area (Å²) in [4.78, 5) is 85.8. The van der Waals surface area contributed by atoms with Crippen molar-refractivity contribution >= 4 is 84.1 Å². The summed E-state index contributed by atoms with van der Waals surface area (Å²) in [5, 5.41) is 30.9. The first kappa shape index (κ1) is 59.1. The summed E-state index contributed by atoms with van der Waals surface area (Å²) in [7, 11) is 0. The molecule has 2 aliphatic rings. The number of nitrogens with one attached hydrogen (secondary N) is 3. The molecule has 0 bridgehead atoms. The lowest BCUT2D eigenvalue weighted by atomic mass is 9.85. The second-order valence-electron chi connectivity index (χ2n) is 22.1. The van der Waals surface area contributed by atoms with Crippen molar-refractivity contribution < 1.29 is 38.9 Å². The van der Waals surface area contributed by atoms with E-state index in [-0.39, 0.29) is 54.8 Å². The van der Waals surface area contributed by atoms with Crippen LogP contribution in [0.2, 0.25) is 0 Å². The van der Waals surface area contributed by atoms with Crippen molar-refractivity contribution in [1.29, 1.82) is 0 Å². The molecule has 82 heavy (non-hydrogen) atoms. The van der Waals surface area contributed by atoms with E-state index in [0.29, 0.717) is 71.8 Å². The van der Waals surface area contributed by atoms with Gasteiger partial charge in [0.1, 0.15) is 17.8 Å². The van der Waals surface area contributed by atoms with Crippen molar-refractivity contribution in [2.45, 2.75) is 136 Å². The van der Waals surface area contributed by atoms with E-state index < -0.39 is 29.6 Å². The molecule has 0 aliphatic carbocycles. The summed E-state index contributed by atoms with van der Waals surface area (Å²) in [5.41, 5.74) is 8.41. The molecule has 4 aromatic carbocycles. The van der Waals surface area contributed by atoms with E-state index in [0.717, 1.165) is 80.7 Å². The number of carboxylic acids is 1. The summed E-state index contributed by atoms with van der Waals surface area (Å²) >= 11 is 4.38. The monoisotopic (exact) mass is 1160 g/mol. The van der Waals surface area contributed by atoms with Gasteiger partial charge in [0.15, 0.2) is 16.0 Å². The minimum atomic E-state index is -1.07.